The minimum Gasteiger partial charge on any atom is -0.391 e. The van der Waals surface area contributed by atoms with Crippen molar-refractivity contribution in [3.8, 4) is 0 Å². The van der Waals surface area contributed by atoms with Crippen LogP contribution in [0.4, 0.5) is 5.95 Å². The number of nitrogens with two attached hydrogens (primary N) is 1. The first kappa shape index (κ1) is 10.3. The molecule has 5 heteroatoms. The van der Waals surface area contributed by atoms with Gasteiger partial charge in [-0.1, -0.05) is 0 Å². The van der Waals surface area contributed by atoms with Crippen LogP contribution in [-0.4, -0.2) is 34.3 Å². The van der Waals surface area contributed by atoms with E-state index in [0.29, 0.717) is 19.0 Å². The summed E-state index contributed by atoms with van der Waals surface area (Å²) in [4.78, 5) is 10.7. The molecule has 0 saturated carbocycles. The highest BCUT2D eigenvalue weighted by atomic mass is 16.3. The molecule has 2 heterocycles. The molecule has 82 valence electrons. The van der Waals surface area contributed by atoms with Crippen molar-refractivity contribution in [1.82, 2.24) is 9.97 Å². The zero-order valence-corrected chi connectivity index (χ0v) is 8.85. The highest BCUT2D eigenvalue weighted by Gasteiger charge is 2.22. The first-order chi connectivity index (χ1) is 7.19. The lowest BCUT2D eigenvalue weighted by Crippen LogP contribution is -2.24. The van der Waals surface area contributed by atoms with E-state index in [4.69, 9.17) is 5.73 Å². The predicted octanol–water partition coefficient (Wildman–Crippen LogP) is -0.185. The Morgan fingerprint density at radius 2 is 2.40 bits per heavy atom. The van der Waals surface area contributed by atoms with Crippen LogP contribution in [0.3, 0.4) is 0 Å². The van der Waals surface area contributed by atoms with Crippen LogP contribution in [0.25, 0.3) is 0 Å². The molecular weight excluding hydrogens is 192 g/mol. The second-order valence-corrected chi connectivity index (χ2v) is 3.89. The van der Waals surface area contributed by atoms with Crippen molar-refractivity contribution in [3.63, 3.8) is 0 Å². The fourth-order valence-corrected chi connectivity index (χ4v) is 1.79. The SMILES string of the molecule is Cc1cc(CN)nc(N2CCC(O)C2)n1. The molecule has 1 unspecified atom stereocenters. The number of anilines is 1. The van der Waals surface area contributed by atoms with Gasteiger partial charge >= 0.3 is 0 Å². The molecule has 0 radical (unpaired) electrons. The zero-order chi connectivity index (χ0) is 10.8. The molecular formula is C10H16N4O. The van der Waals surface area contributed by atoms with Crippen molar-refractivity contribution in [2.75, 3.05) is 18.0 Å². The summed E-state index contributed by atoms with van der Waals surface area (Å²) in [6, 6.07) is 1.88. The summed E-state index contributed by atoms with van der Waals surface area (Å²) in [5.74, 6) is 0.687. The first-order valence-corrected chi connectivity index (χ1v) is 5.16. The van der Waals surface area contributed by atoms with Gasteiger partial charge in [-0.15, -0.1) is 0 Å². The molecule has 3 N–H and O–H groups in total. The zero-order valence-electron chi connectivity index (χ0n) is 8.85. The molecule has 0 aliphatic carbocycles. The average molecular weight is 208 g/mol. The van der Waals surface area contributed by atoms with Crippen LogP contribution in [0.2, 0.25) is 0 Å². The highest BCUT2D eigenvalue weighted by molar-refractivity contribution is 5.34. The molecule has 1 aliphatic rings. The maximum absolute atomic E-state index is 9.43. The molecule has 1 saturated heterocycles. The quantitative estimate of drug-likeness (QED) is 0.705. The number of aliphatic hydroxyl groups is 1. The van der Waals surface area contributed by atoms with E-state index in [2.05, 4.69) is 9.97 Å². The summed E-state index contributed by atoms with van der Waals surface area (Å²) in [6.45, 7) is 3.78. The van der Waals surface area contributed by atoms with Gasteiger partial charge < -0.3 is 15.7 Å². The van der Waals surface area contributed by atoms with Gasteiger partial charge in [0.1, 0.15) is 0 Å². The predicted molar refractivity (Wildman–Crippen MR) is 57.5 cm³/mol. The van der Waals surface area contributed by atoms with Crippen molar-refractivity contribution in [3.05, 3.63) is 17.5 Å². The summed E-state index contributed by atoms with van der Waals surface area (Å²) in [7, 11) is 0. The van der Waals surface area contributed by atoms with Gasteiger partial charge in [0.05, 0.1) is 11.8 Å². The lowest BCUT2D eigenvalue weighted by atomic mass is 10.3. The molecule has 15 heavy (non-hydrogen) atoms. The van der Waals surface area contributed by atoms with Crippen LogP contribution < -0.4 is 10.6 Å². The summed E-state index contributed by atoms with van der Waals surface area (Å²) < 4.78 is 0. The Labute approximate surface area is 88.9 Å². The number of aliphatic hydroxyl groups excluding tert-OH is 1. The number of rotatable bonds is 2. The first-order valence-electron chi connectivity index (χ1n) is 5.16. The van der Waals surface area contributed by atoms with E-state index < -0.39 is 0 Å². The Morgan fingerprint density at radius 1 is 1.60 bits per heavy atom. The van der Waals surface area contributed by atoms with Gasteiger partial charge in [0, 0.05) is 25.3 Å². The van der Waals surface area contributed by atoms with Crippen LogP contribution >= 0.6 is 0 Å². The molecule has 0 bridgehead atoms. The minimum absolute atomic E-state index is 0.254. The number of β-amino-alcohol motifs (C(OH)–C–C–N with tert-alkyl or cyclic N) is 1. The van der Waals surface area contributed by atoms with Crippen molar-refractivity contribution >= 4 is 5.95 Å². The van der Waals surface area contributed by atoms with E-state index in [1.54, 1.807) is 0 Å². The molecule has 0 aromatic carbocycles. The maximum Gasteiger partial charge on any atom is 0.225 e. The molecule has 0 amide bonds. The number of nitrogens with zero attached hydrogens (tertiary/aromatic N) is 3. The lowest BCUT2D eigenvalue weighted by Gasteiger charge is -2.16. The van der Waals surface area contributed by atoms with E-state index in [9.17, 15) is 5.11 Å². The molecule has 1 atom stereocenters. The van der Waals surface area contributed by atoms with E-state index in [0.717, 1.165) is 24.4 Å². The Balaban J connectivity index is 2.24. The fraction of sp³-hybridized carbons (Fsp3) is 0.600. The number of hydrogen-bond donors (Lipinski definition) is 2. The van der Waals surface area contributed by atoms with Gasteiger partial charge in [-0.3, -0.25) is 0 Å². The number of aromatic nitrogens is 2. The van der Waals surface area contributed by atoms with Gasteiger partial charge in [0.2, 0.25) is 5.95 Å². The Morgan fingerprint density at radius 3 is 3.00 bits per heavy atom. The third-order valence-electron chi connectivity index (χ3n) is 2.55. The molecule has 2 rings (SSSR count). The summed E-state index contributed by atoms with van der Waals surface area (Å²) in [5, 5.41) is 9.43. The van der Waals surface area contributed by atoms with Gasteiger partial charge in [0.15, 0.2) is 0 Å². The largest absolute Gasteiger partial charge is 0.391 e. The van der Waals surface area contributed by atoms with Crippen LogP contribution in [-0.2, 0) is 6.54 Å². The lowest BCUT2D eigenvalue weighted by molar-refractivity contribution is 0.198. The minimum atomic E-state index is -0.254. The molecule has 1 aliphatic heterocycles. The Hall–Kier alpha value is -1.20. The van der Waals surface area contributed by atoms with Gasteiger partial charge in [0.25, 0.3) is 0 Å². The molecule has 0 spiro atoms. The van der Waals surface area contributed by atoms with Crippen LogP contribution in [0.15, 0.2) is 6.07 Å². The monoisotopic (exact) mass is 208 g/mol. The molecule has 1 fully saturated rings. The average Bonchev–Trinajstić information content (AvgIpc) is 2.64. The number of aryl methyl sites for hydroxylation is 1. The third kappa shape index (κ3) is 2.24. The normalized spacial score (nSPS) is 21.0. The van der Waals surface area contributed by atoms with Crippen molar-refractivity contribution in [2.24, 2.45) is 5.73 Å². The van der Waals surface area contributed by atoms with E-state index in [1.165, 1.54) is 0 Å². The Kier molecular flexibility index (Phi) is 2.83. The number of hydrogen-bond acceptors (Lipinski definition) is 5. The summed E-state index contributed by atoms with van der Waals surface area (Å²) >= 11 is 0. The second-order valence-electron chi connectivity index (χ2n) is 3.89. The topological polar surface area (TPSA) is 75.3 Å². The maximum atomic E-state index is 9.43. The molecule has 5 nitrogen and oxygen atoms in total. The molecule has 1 aromatic rings. The van der Waals surface area contributed by atoms with E-state index >= 15 is 0 Å². The fourth-order valence-electron chi connectivity index (χ4n) is 1.79. The van der Waals surface area contributed by atoms with Crippen molar-refractivity contribution < 1.29 is 5.11 Å². The summed E-state index contributed by atoms with van der Waals surface area (Å²) in [5.41, 5.74) is 7.32. The van der Waals surface area contributed by atoms with E-state index in [-0.39, 0.29) is 6.10 Å². The van der Waals surface area contributed by atoms with Crippen molar-refractivity contribution in [1.29, 1.82) is 0 Å². The third-order valence-corrected chi connectivity index (χ3v) is 2.55. The van der Waals surface area contributed by atoms with Gasteiger partial charge in [-0.05, 0) is 19.4 Å². The smallest absolute Gasteiger partial charge is 0.225 e. The van der Waals surface area contributed by atoms with Gasteiger partial charge in [-0.2, -0.15) is 0 Å². The Bertz CT molecular complexity index is 355. The second kappa shape index (κ2) is 4.12. The summed E-state index contributed by atoms with van der Waals surface area (Å²) in [6.07, 6.45) is 0.533. The standard InChI is InChI=1S/C10H16N4O/c1-7-4-8(5-11)13-10(12-7)14-3-2-9(15)6-14/h4,9,15H,2-3,5-6,11H2,1H3. The van der Waals surface area contributed by atoms with Crippen molar-refractivity contribution in [2.45, 2.75) is 26.0 Å². The molecule has 1 aromatic heterocycles. The highest BCUT2D eigenvalue weighted by Crippen LogP contribution is 2.16. The van der Waals surface area contributed by atoms with Crippen LogP contribution in [0, 0.1) is 6.92 Å². The van der Waals surface area contributed by atoms with Crippen LogP contribution in [0.5, 0.6) is 0 Å². The van der Waals surface area contributed by atoms with E-state index in [1.807, 2.05) is 17.9 Å². The van der Waals surface area contributed by atoms with Gasteiger partial charge in [-0.25, -0.2) is 9.97 Å². The van der Waals surface area contributed by atoms with Crippen LogP contribution in [0.1, 0.15) is 17.8 Å².